The van der Waals surface area contributed by atoms with Crippen molar-refractivity contribution in [2.45, 2.75) is 98.1 Å². The maximum Gasteiger partial charge on any atom is 0.333 e. The average molecular weight is 537 g/mol. The smallest absolute Gasteiger partial charge is 0.333 e. The van der Waals surface area contributed by atoms with Crippen molar-refractivity contribution in [3.63, 3.8) is 0 Å². The van der Waals surface area contributed by atoms with Gasteiger partial charge in [-0.15, -0.1) is 0 Å². The summed E-state index contributed by atoms with van der Waals surface area (Å²) < 4.78 is 22.8. The molecule has 0 amide bonds. The van der Waals surface area contributed by atoms with Crippen LogP contribution in [0.4, 0.5) is 0 Å². The highest BCUT2D eigenvalue weighted by Crippen LogP contribution is 2.34. The number of ether oxygens (including phenoxy) is 4. The van der Waals surface area contributed by atoms with Crippen LogP contribution in [0.25, 0.3) is 0 Å². The van der Waals surface area contributed by atoms with Gasteiger partial charge in [0.2, 0.25) is 0 Å². The van der Waals surface area contributed by atoms with Crippen LogP contribution in [0, 0.1) is 0 Å². The average Bonchev–Trinajstić information content (AvgIpc) is 2.84. The van der Waals surface area contributed by atoms with Gasteiger partial charge >= 0.3 is 11.9 Å². The van der Waals surface area contributed by atoms with Gasteiger partial charge in [-0.3, -0.25) is 0 Å². The van der Waals surface area contributed by atoms with Gasteiger partial charge in [-0.05, 0) is 76.9 Å². The lowest BCUT2D eigenvalue weighted by molar-refractivity contribution is -0.145. The highest BCUT2D eigenvalue weighted by atomic mass is 16.6. The molecule has 2 aromatic rings. The second-order valence-corrected chi connectivity index (χ2v) is 11.0. The van der Waals surface area contributed by atoms with Crippen molar-refractivity contribution >= 4 is 11.9 Å². The van der Waals surface area contributed by atoms with Gasteiger partial charge < -0.3 is 18.9 Å². The monoisotopic (exact) mass is 536 g/mol. The molecule has 39 heavy (non-hydrogen) atoms. The Bertz CT molecular complexity index is 1040. The lowest BCUT2D eigenvalue weighted by Crippen LogP contribution is -2.23. The molecule has 0 N–H and O–H groups in total. The van der Waals surface area contributed by atoms with Crippen LogP contribution < -0.4 is 9.47 Å². The van der Waals surface area contributed by atoms with Gasteiger partial charge in [-0.1, -0.05) is 51.3 Å². The third-order valence-corrected chi connectivity index (χ3v) is 6.47. The van der Waals surface area contributed by atoms with Crippen LogP contribution in [0.3, 0.4) is 0 Å². The van der Waals surface area contributed by atoms with Crippen LogP contribution in [0.5, 0.6) is 11.5 Å². The van der Waals surface area contributed by atoms with E-state index in [9.17, 15) is 9.59 Å². The second kappa shape index (κ2) is 14.0. The summed E-state index contributed by atoms with van der Waals surface area (Å²) in [4.78, 5) is 23.4. The minimum absolute atomic E-state index is 0.118. The number of esters is 2. The zero-order valence-electron chi connectivity index (χ0n) is 24.7. The van der Waals surface area contributed by atoms with Crippen molar-refractivity contribution in [1.82, 2.24) is 0 Å². The molecular weight excluding hydrogens is 492 g/mol. The van der Waals surface area contributed by atoms with E-state index in [0.717, 1.165) is 22.6 Å². The Kier molecular flexibility index (Phi) is 11.4. The summed E-state index contributed by atoms with van der Waals surface area (Å²) in [6, 6.07) is 16.2. The number of benzene rings is 2. The molecule has 0 saturated carbocycles. The standard InChI is InChI=1S/C33H44O6/c1-21(2)31(34)38-25(7)19-23(5)36-29-15-11-27(12-16-29)33(9,10)28-13-17-30(18-14-28)37-24(6)20-26(8)39-32(35)22(3)4/h11-18,23-26H,1,3,19-20H2,2,4-10H3. The van der Waals surface area contributed by atoms with E-state index in [-0.39, 0.29) is 41.8 Å². The summed E-state index contributed by atoms with van der Waals surface area (Å²) in [7, 11) is 0. The Morgan fingerprint density at radius 2 is 0.949 bits per heavy atom. The van der Waals surface area contributed by atoms with Crippen LogP contribution in [-0.4, -0.2) is 36.4 Å². The van der Waals surface area contributed by atoms with Gasteiger partial charge in [0.15, 0.2) is 0 Å². The second-order valence-electron chi connectivity index (χ2n) is 11.0. The van der Waals surface area contributed by atoms with E-state index in [2.05, 4.69) is 51.3 Å². The lowest BCUT2D eigenvalue weighted by Gasteiger charge is -2.27. The largest absolute Gasteiger partial charge is 0.491 e. The van der Waals surface area contributed by atoms with Crippen molar-refractivity contribution in [3.8, 4) is 11.5 Å². The van der Waals surface area contributed by atoms with Crippen molar-refractivity contribution < 1.29 is 28.5 Å². The van der Waals surface area contributed by atoms with E-state index in [1.54, 1.807) is 13.8 Å². The SMILES string of the molecule is C=C(C)C(=O)OC(C)CC(C)Oc1ccc(C(C)(C)c2ccc(OC(C)CC(C)OC(=O)C(=C)C)cc2)cc1. The summed E-state index contributed by atoms with van der Waals surface area (Å²) in [5, 5.41) is 0. The van der Waals surface area contributed by atoms with Crippen LogP contribution in [-0.2, 0) is 24.5 Å². The molecule has 2 aromatic carbocycles. The van der Waals surface area contributed by atoms with Crippen LogP contribution >= 0.6 is 0 Å². The van der Waals surface area contributed by atoms with Gasteiger partial charge in [-0.2, -0.15) is 0 Å². The van der Waals surface area contributed by atoms with Gasteiger partial charge in [0, 0.05) is 29.4 Å². The van der Waals surface area contributed by atoms with Gasteiger partial charge in [-0.25, -0.2) is 9.59 Å². The fourth-order valence-electron chi connectivity index (χ4n) is 4.23. The van der Waals surface area contributed by atoms with Crippen molar-refractivity contribution in [2.24, 2.45) is 0 Å². The summed E-state index contributed by atoms with van der Waals surface area (Å²) >= 11 is 0. The first-order valence-electron chi connectivity index (χ1n) is 13.5. The quantitative estimate of drug-likeness (QED) is 0.186. The molecule has 0 aliphatic carbocycles. The normalized spacial score (nSPS) is 14.4. The fourth-order valence-corrected chi connectivity index (χ4v) is 4.23. The first kappa shape index (κ1) is 31.7. The van der Waals surface area contributed by atoms with Crippen LogP contribution in [0.1, 0.15) is 79.4 Å². The van der Waals surface area contributed by atoms with Crippen LogP contribution in [0.2, 0.25) is 0 Å². The summed E-state index contributed by atoms with van der Waals surface area (Å²) in [6.07, 6.45) is 0.399. The maximum atomic E-state index is 11.7. The molecule has 2 rings (SSSR count). The van der Waals surface area contributed by atoms with E-state index >= 15 is 0 Å². The third-order valence-electron chi connectivity index (χ3n) is 6.47. The van der Waals surface area contributed by atoms with E-state index in [0.29, 0.717) is 24.0 Å². The third kappa shape index (κ3) is 9.93. The predicted octanol–water partition coefficient (Wildman–Crippen LogP) is 7.34. The van der Waals surface area contributed by atoms with Crippen LogP contribution in [0.15, 0.2) is 72.8 Å². The molecule has 6 heteroatoms. The number of rotatable bonds is 14. The Hall–Kier alpha value is -3.54. The first-order chi connectivity index (χ1) is 18.2. The van der Waals surface area contributed by atoms with Crippen molar-refractivity contribution in [2.75, 3.05) is 0 Å². The number of carbonyl (C=O) groups is 2. The maximum absolute atomic E-state index is 11.7. The number of carbonyl (C=O) groups excluding carboxylic acids is 2. The topological polar surface area (TPSA) is 71.1 Å². The van der Waals surface area contributed by atoms with E-state index in [1.807, 2.05) is 52.0 Å². The molecular formula is C33H44O6. The molecule has 0 heterocycles. The lowest BCUT2D eigenvalue weighted by atomic mass is 9.78. The van der Waals surface area contributed by atoms with E-state index in [4.69, 9.17) is 18.9 Å². The molecule has 4 atom stereocenters. The van der Waals surface area contributed by atoms with Crippen molar-refractivity contribution in [1.29, 1.82) is 0 Å². The molecule has 0 fully saturated rings. The first-order valence-corrected chi connectivity index (χ1v) is 13.5. The fraction of sp³-hybridized carbons (Fsp3) is 0.455. The highest BCUT2D eigenvalue weighted by molar-refractivity contribution is 5.87. The Morgan fingerprint density at radius 1 is 0.641 bits per heavy atom. The number of hydrogen-bond donors (Lipinski definition) is 0. The molecule has 6 nitrogen and oxygen atoms in total. The molecule has 0 radical (unpaired) electrons. The minimum Gasteiger partial charge on any atom is -0.491 e. The molecule has 0 saturated heterocycles. The molecule has 0 bridgehead atoms. The summed E-state index contributed by atoms with van der Waals surface area (Å²) in [6.45, 7) is 22.5. The molecule has 0 aliphatic rings. The van der Waals surface area contributed by atoms with E-state index < -0.39 is 0 Å². The van der Waals surface area contributed by atoms with Gasteiger partial charge in [0.25, 0.3) is 0 Å². The van der Waals surface area contributed by atoms with Crippen molar-refractivity contribution in [3.05, 3.63) is 84.0 Å². The van der Waals surface area contributed by atoms with E-state index in [1.165, 1.54) is 0 Å². The molecule has 4 unspecified atom stereocenters. The Labute approximate surface area is 234 Å². The zero-order valence-corrected chi connectivity index (χ0v) is 24.7. The zero-order chi connectivity index (χ0) is 29.3. The minimum atomic E-state index is -0.383. The highest BCUT2D eigenvalue weighted by Gasteiger charge is 2.24. The summed E-state index contributed by atoms with van der Waals surface area (Å²) in [5.41, 5.74) is 2.85. The molecule has 0 aliphatic heterocycles. The molecule has 212 valence electrons. The van der Waals surface area contributed by atoms with Gasteiger partial charge in [0.05, 0.1) is 12.2 Å². The Morgan fingerprint density at radius 3 is 1.23 bits per heavy atom. The molecule has 0 spiro atoms. The Balaban J connectivity index is 1.95. The number of hydrogen-bond acceptors (Lipinski definition) is 6. The summed E-state index contributed by atoms with van der Waals surface area (Å²) in [5.74, 6) is 0.765. The molecule has 0 aromatic heterocycles. The predicted molar refractivity (Wildman–Crippen MR) is 155 cm³/mol. The van der Waals surface area contributed by atoms with Gasteiger partial charge in [0.1, 0.15) is 23.7 Å².